The molecule has 1 unspecified atom stereocenters. The molecule has 1 aromatic rings. The first-order valence-corrected chi connectivity index (χ1v) is 7.29. The van der Waals surface area contributed by atoms with Gasteiger partial charge in [-0.05, 0) is 44.7 Å². The van der Waals surface area contributed by atoms with Crippen LogP contribution in [0.2, 0.25) is 0 Å². The van der Waals surface area contributed by atoms with Crippen LogP contribution in [0.1, 0.15) is 43.0 Å². The number of hydrogen-bond acceptors (Lipinski definition) is 4. The van der Waals surface area contributed by atoms with E-state index in [0.29, 0.717) is 17.6 Å². The number of carbonyl (C=O) groups excluding carboxylic acids is 1. The van der Waals surface area contributed by atoms with Crippen LogP contribution in [-0.2, 0) is 0 Å². The molecule has 112 valence electrons. The molecular weight excluding hydrogens is 270 g/mol. The highest BCUT2D eigenvalue weighted by Gasteiger charge is 2.41. The maximum Gasteiger partial charge on any atom is 0.404 e. The summed E-state index contributed by atoms with van der Waals surface area (Å²) in [7, 11) is 0. The number of fused-ring (bicyclic) bond motifs is 2. The van der Waals surface area contributed by atoms with E-state index in [2.05, 4.69) is 15.2 Å². The zero-order valence-corrected chi connectivity index (χ0v) is 12.0. The highest BCUT2D eigenvalue weighted by molar-refractivity contribution is 5.93. The Morgan fingerprint density at radius 2 is 1.95 bits per heavy atom. The molecule has 2 bridgehead atoms. The van der Waals surface area contributed by atoms with Gasteiger partial charge >= 0.3 is 6.09 Å². The topological polar surface area (TPSA) is 82.5 Å². The van der Waals surface area contributed by atoms with Crippen LogP contribution < -0.4 is 10.2 Å². The van der Waals surface area contributed by atoms with Crippen LogP contribution in [0.5, 0.6) is 0 Å². The smallest absolute Gasteiger partial charge is 0.404 e. The van der Waals surface area contributed by atoms with Crippen LogP contribution in [-0.4, -0.2) is 40.1 Å². The summed E-state index contributed by atoms with van der Waals surface area (Å²) in [6.45, 7) is 1.53. The SMILES string of the molecule is CC(=O)c1ccc(N2[C@@H]3CC[C@H]2CC(NC(=O)O)C3)nc1. The molecule has 2 aliphatic rings. The van der Waals surface area contributed by atoms with Crippen molar-refractivity contribution in [3.05, 3.63) is 23.9 Å². The molecule has 6 nitrogen and oxygen atoms in total. The van der Waals surface area contributed by atoms with Crippen molar-refractivity contribution in [2.45, 2.75) is 50.7 Å². The minimum Gasteiger partial charge on any atom is -0.465 e. The number of carbonyl (C=O) groups is 2. The van der Waals surface area contributed by atoms with Crippen LogP contribution in [0, 0.1) is 0 Å². The Morgan fingerprint density at radius 1 is 1.29 bits per heavy atom. The number of anilines is 1. The highest BCUT2D eigenvalue weighted by atomic mass is 16.4. The highest BCUT2D eigenvalue weighted by Crippen LogP contribution is 2.38. The number of nitrogens with one attached hydrogen (secondary N) is 1. The second kappa shape index (κ2) is 5.35. The first-order valence-electron chi connectivity index (χ1n) is 7.29. The number of hydrogen-bond donors (Lipinski definition) is 2. The fourth-order valence-corrected chi connectivity index (χ4v) is 3.59. The number of Topliss-reactive ketones (excluding diaryl/α,β-unsaturated/α-hetero) is 1. The third-order valence-electron chi connectivity index (χ3n) is 4.48. The summed E-state index contributed by atoms with van der Waals surface area (Å²) < 4.78 is 0. The van der Waals surface area contributed by atoms with Gasteiger partial charge in [0.25, 0.3) is 0 Å². The zero-order valence-electron chi connectivity index (χ0n) is 12.0. The maximum absolute atomic E-state index is 11.3. The van der Waals surface area contributed by atoms with Gasteiger partial charge in [0.05, 0.1) is 0 Å². The van der Waals surface area contributed by atoms with Crippen molar-refractivity contribution < 1.29 is 14.7 Å². The first kappa shape index (κ1) is 13.9. The molecule has 3 atom stereocenters. The molecule has 0 saturated carbocycles. The van der Waals surface area contributed by atoms with Gasteiger partial charge in [-0.15, -0.1) is 0 Å². The number of nitrogens with zero attached hydrogens (tertiary/aromatic N) is 2. The molecule has 3 rings (SSSR count). The molecule has 0 radical (unpaired) electrons. The molecule has 2 aliphatic heterocycles. The third-order valence-corrected chi connectivity index (χ3v) is 4.48. The van der Waals surface area contributed by atoms with E-state index in [-0.39, 0.29) is 11.8 Å². The summed E-state index contributed by atoms with van der Waals surface area (Å²) in [6, 6.07) is 4.40. The van der Waals surface area contributed by atoms with E-state index >= 15 is 0 Å². The average molecular weight is 289 g/mol. The Bertz CT molecular complexity index is 544. The molecule has 0 spiro atoms. The lowest BCUT2D eigenvalue weighted by Gasteiger charge is -2.39. The van der Waals surface area contributed by atoms with Crippen molar-refractivity contribution in [2.24, 2.45) is 0 Å². The van der Waals surface area contributed by atoms with Gasteiger partial charge in [0, 0.05) is 29.9 Å². The summed E-state index contributed by atoms with van der Waals surface area (Å²) >= 11 is 0. The fraction of sp³-hybridized carbons (Fsp3) is 0.533. The number of ketones is 1. The lowest BCUT2D eigenvalue weighted by Crippen LogP contribution is -2.50. The minimum absolute atomic E-state index is 0.0152. The zero-order chi connectivity index (χ0) is 15.0. The number of aromatic nitrogens is 1. The molecule has 2 N–H and O–H groups in total. The monoisotopic (exact) mass is 289 g/mol. The normalized spacial score (nSPS) is 27.5. The first-order chi connectivity index (χ1) is 10.0. The lowest BCUT2D eigenvalue weighted by atomic mass is 9.97. The Hall–Kier alpha value is -2.11. The van der Waals surface area contributed by atoms with Gasteiger partial charge < -0.3 is 15.3 Å². The molecule has 1 aromatic heterocycles. The van der Waals surface area contributed by atoms with Crippen molar-refractivity contribution in [3.63, 3.8) is 0 Å². The van der Waals surface area contributed by atoms with Gasteiger partial charge in [0.15, 0.2) is 5.78 Å². The maximum atomic E-state index is 11.3. The summed E-state index contributed by atoms with van der Waals surface area (Å²) in [5.74, 6) is 0.905. The molecular formula is C15H19N3O3. The van der Waals surface area contributed by atoms with Crippen molar-refractivity contribution in [2.75, 3.05) is 4.90 Å². The molecule has 3 heterocycles. The van der Waals surface area contributed by atoms with E-state index < -0.39 is 6.09 Å². The molecule has 2 saturated heterocycles. The van der Waals surface area contributed by atoms with Gasteiger partial charge in [-0.1, -0.05) is 0 Å². The van der Waals surface area contributed by atoms with Crippen molar-refractivity contribution in [1.29, 1.82) is 0 Å². The van der Waals surface area contributed by atoms with Crippen LogP contribution in [0.25, 0.3) is 0 Å². The van der Waals surface area contributed by atoms with E-state index in [9.17, 15) is 9.59 Å². The summed E-state index contributed by atoms with van der Waals surface area (Å²) in [5, 5.41) is 11.5. The molecule has 21 heavy (non-hydrogen) atoms. The van der Waals surface area contributed by atoms with Crippen LogP contribution in [0.15, 0.2) is 18.3 Å². The molecule has 1 amide bonds. The van der Waals surface area contributed by atoms with Gasteiger partial charge in [0.1, 0.15) is 5.82 Å². The number of amides is 1. The number of piperidine rings is 1. The molecule has 0 aromatic carbocycles. The average Bonchev–Trinajstić information content (AvgIpc) is 2.70. The van der Waals surface area contributed by atoms with Crippen molar-refractivity contribution in [1.82, 2.24) is 10.3 Å². The quantitative estimate of drug-likeness (QED) is 0.832. The van der Waals surface area contributed by atoms with Crippen LogP contribution in [0.3, 0.4) is 0 Å². The van der Waals surface area contributed by atoms with Gasteiger partial charge in [-0.3, -0.25) is 4.79 Å². The predicted octanol–water partition coefficient (Wildman–Crippen LogP) is 2.05. The predicted molar refractivity (Wildman–Crippen MR) is 77.7 cm³/mol. The minimum atomic E-state index is -0.947. The number of rotatable bonds is 3. The van der Waals surface area contributed by atoms with E-state index in [1.807, 2.05) is 12.1 Å². The second-order valence-electron chi connectivity index (χ2n) is 5.87. The summed E-state index contributed by atoms with van der Waals surface area (Å²) in [5.41, 5.74) is 0.619. The Morgan fingerprint density at radius 3 is 2.43 bits per heavy atom. The van der Waals surface area contributed by atoms with Crippen LogP contribution in [0.4, 0.5) is 10.6 Å². The Kier molecular flexibility index (Phi) is 3.53. The van der Waals surface area contributed by atoms with E-state index in [1.54, 1.807) is 6.20 Å². The number of pyridine rings is 1. The molecule has 2 fully saturated rings. The summed E-state index contributed by atoms with van der Waals surface area (Å²) in [4.78, 5) is 28.8. The van der Waals surface area contributed by atoms with E-state index in [1.165, 1.54) is 6.92 Å². The van der Waals surface area contributed by atoms with E-state index in [0.717, 1.165) is 31.5 Å². The lowest BCUT2D eigenvalue weighted by molar-refractivity contribution is 0.101. The van der Waals surface area contributed by atoms with E-state index in [4.69, 9.17) is 5.11 Å². The number of carboxylic acid groups (broad SMARTS) is 1. The summed E-state index contributed by atoms with van der Waals surface area (Å²) in [6.07, 6.45) is 4.45. The van der Waals surface area contributed by atoms with Gasteiger partial charge in [0.2, 0.25) is 0 Å². The van der Waals surface area contributed by atoms with Gasteiger partial charge in [-0.2, -0.15) is 0 Å². The second-order valence-corrected chi connectivity index (χ2v) is 5.87. The van der Waals surface area contributed by atoms with Crippen molar-refractivity contribution in [3.8, 4) is 0 Å². The third kappa shape index (κ3) is 2.70. The van der Waals surface area contributed by atoms with Gasteiger partial charge in [-0.25, -0.2) is 9.78 Å². The Labute approximate surface area is 123 Å². The molecule has 6 heteroatoms. The molecule has 0 aliphatic carbocycles. The standard InChI is InChI=1S/C15H19N3O3/c1-9(19)10-2-5-14(16-8-10)18-12-3-4-13(18)7-11(6-12)17-15(20)21/h2,5,8,11-13,17H,3-4,6-7H2,1H3,(H,20,21)/t11?,12-,13+. The fourth-order valence-electron chi connectivity index (χ4n) is 3.59. The van der Waals surface area contributed by atoms with Crippen LogP contribution >= 0.6 is 0 Å². The van der Waals surface area contributed by atoms with Crippen molar-refractivity contribution >= 4 is 17.7 Å². The largest absolute Gasteiger partial charge is 0.465 e. The Balaban J connectivity index is 1.75.